The van der Waals surface area contributed by atoms with Crippen molar-refractivity contribution in [3.05, 3.63) is 0 Å². The van der Waals surface area contributed by atoms with E-state index >= 15 is 0 Å². The minimum absolute atomic E-state index is 0.417. The second-order valence-corrected chi connectivity index (χ2v) is 6.21. The minimum Gasteiger partial charge on any atom is -0.327 e. The minimum atomic E-state index is 0.417. The zero-order valence-corrected chi connectivity index (χ0v) is 11.2. The van der Waals surface area contributed by atoms with Gasteiger partial charge in [-0.25, -0.2) is 0 Å². The van der Waals surface area contributed by atoms with Gasteiger partial charge in [-0.3, -0.25) is 0 Å². The lowest BCUT2D eigenvalue weighted by Crippen LogP contribution is -2.41. The van der Waals surface area contributed by atoms with Crippen LogP contribution in [-0.4, -0.2) is 6.04 Å². The molecule has 15 heavy (non-hydrogen) atoms. The molecule has 0 saturated heterocycles. The summed E-state index contributed by atoms with van der Waals surface area (Å²) in [5.74, 6) is 3.93. The monoisotopic (exact) mass is 211 g/mol. The Hall–Kier alpha value is -0.0400. The van der Waals surface area contributed by atoms with E-state index in [9.17, 15) is 0 Å². The van der Waals surface area contributed by atoms with Crippen molar-refractivity contribution in [2.45, 2.75) is 59.9 Å². The first-order valence-electron chi connectivity index (χ1n) is 6.69. The molecule has 1 aliphatic rings. The van der Waals surface area contributed by atoms with E-state index in [2.05, 4.69) is 34.6 Å². The van der Waals surface area contributed by atoms with E-state index in [1.165, 1.54) is 19.3 Å². The average Bonchev–Trinajstić information content (AvgIpc) is 2.19. The van der Waals surface area contributed by atoms with Crippen LogP contribution in [0.2, 0.25) is 0 Å². The first-order valence-corrected chi connectivity index (χ1v) is 6.69. The molecule has 1 saturated carbocycles. The highest BCUT2D eigenvalue weighted by molar-refractivity contribution is 4.85. The summed E-state index contributed by atoms with van der Waals surface area (Å²) < 4.78 is 0. The van der Waals surface area contributed by atoms with Crippen molar-refractivity contribution in [3.8, 4) is 0 Å². The maximum Gasteiger partial charge on any atom is 0.00955 e. The molecule has 1 heteroatoms. The molecule has 0 aromatic carbocycles. The predicted molar refractivity (Wildman–Crippen MR) is 67.6 cm³/mol. The third kappa shape index (κ3) is 3.21. The fourth-order valence-electron chi connectivity index (χ4n) is 2.81. The molecular weight excluding hydrogens is 182 g/mol. The van der Waals surface area contributed by atoms with E-state index in [4.69, 9.17) is 5.73 Å². The zero-order chi connectivity index (χ0) is 11.6. The van der Waals surface area contributed by atoms with Crippen molar-refractivity contribution in [1.29, 1.82) is 0 Å². The summed E-state index contributed by atoms with van der Waals surface area (Å²) in [6.45, 7) is 11.7. The highest BCUT2D eigenvalue weighted by Gasteiger charge is 2.31. The summed E-state index contributed by atoms with van der Waals surface area (Å²) in [6, 6.07) is 0.417. The van der Waals surface area contributed by atoms with Gasteiger partial charge in [-0.1, -0.05) is 41.0 Å². The quantitative estimate of drug-likeness (QED) is 0.757. The summed E-state index contributed by atoms with van der Waals surface area (Å²) in [7, 11) is 0. The number of hydrogen-bond acceptors (Lipinski definition) is 1. The Labute approximate surface area is 95.8 Å². The normalized spacial score (nSPS) is 36.6. The fraction of sp³-hybridized carbons (Fsp3) is 1.00. The molecule has 0 amide bonds. The summed E-state index contributed by atoms with van der Waals surface area (Å²) >= 11 is 0. The molecule has 1 nitrogen and oxygen atoms in total. The molecule has 0 heterocycles. The average molecular weight is 211 g/mol. The van der Waals surface area contributed by atoms with Gasteiger partial charge in [0.2, 0.25) is 0 Å². The zero-order valence-electron chi connectivity index (χ0n) is 11.2. The van der Waals surface area contributed by atoms with Crippen LogP contribution >= 0.6 is 0 Å². The first kappa shape index (κ1) is 13.0. The molecular formula is C14H29N. The maximum absolute atomic E-state index is 6.40. The van der Waals surface area contributed by atoms with Crippen LogP contribution in [0.25, 0.3) is 0 Å². The van der Waals surface area contributed by atoms with Crippen molar-refractivity contribution in [2.75, 3.05) is 0 Å². The number of nitrogens with two attached hydrogens (primary N) is 1. The maximum atomic E-state index is 6.40. The van der Waals surface area contributed by atoms with Gasteiger partial charge in [0.05, 0.1) is 0 Å². The number of hydrogen-bond donors (Lipinski definition) is 1. The Balaban J connectivity index is 2.50. The summed E-state index contributed by atoms with van der Waals surface area (Å²) in [6.07, 6.45) is 4.08. The van der Waals surface area contributed by atoms with E-state index in [1.807, 2.05) is 0 Å². The van der Waals surface area contributed by atoms with Crippen molar-refractivity contribution in [1.82, 2.24) is 0 Å². The molecule has 1 aliphatic carbocycles. The molecule has 2 N–H and O–H groups in total. The molecule has 90 valence electrons. The Bertz CT molecular complexity index is 188. The molecule has 5 atom stereocenters. The first-order chi connectivity index (χ1) is 6.93. The molecule has 0 bridgehead atoms. The van der Waals surface area contributed by atoms with Gasteiger partial charge >= 0.3 is 0 Å². The second-order valence-electron chi connectivity index (χ2n) is 6.21. The molecule has 1 rings (SSSR count). The molecule has 0 aromatic heterocycles. The lowest BCUT2D eigenvalue weighted by molar-refractivity contribution is 0.150. The highest BCUT2D eigenvalue weighted by Crippen LogP contribution is 2.36. The van der Waals surface area contributed by atoms with Gasteiger partial charge in [0.15, 0.2) is 0 Å². The van der Waals surface area contributed by atoms with Crippen molar-refractivity contribution >= 4 is 0 Å². The van der Waals surface area contributed by atoms with E-state index < -0.39 is 0 Å². The van der Waals surface area contributed by atoms with Crippen molar-refractivity contribution in [3.63, 3.8) is 0 Å². The largest absolute Gasteiger partial charge is 0.327 e. The van der Waals surface area contributed by atoms with Crippen LogP contribution in [0.3, 0.4) is 0 Å². The second kappa shape index (κ2) is 5.34. The van der Waals surface area contributed by atoms with Crippen LogP contribution in [0.1, 0.15) is 53.9 Å². The Morgan fingerprint density at radius 3 is 2.07 bits per heavy atom. The van der Waals surface area contributed by atoms with E-state index in [0.717, 1.165) is 23.7 Å². The van der Waals surface area contributed by atoms with Crippen molar-refractivity contribution < 1.29 is 0 Å². The molecule has 0 radical (unpaired) electrons. The summed E-state index contributed by atoms with van der Waals surface area (Å²) in [5.41, 5.74) is 6.40. The molecule has 0 aliphatic heterocycles. The van der Waals surface area contributed by atoms with Gasteiger partial charge in [-0.05, 0) is 42.4 Å². The van der Waals surface area contributed by atoms with E-state index in [1.54, 1.807) is 0 Å². The topological polar surface area (TPSA) is 26.0 Å². The predicted octanol–water partition coefficient (Wildman–Crippen LogP) is 3.68. The summed E-state index contributed by atoms with van der Waals surface area (Å²) in [4.78, 5) is 0. The van der Waals surface area contributed by atoms with Gasteiger partial charge in [-0.2, -0.15) is 0 Å². The van der Waals surface area contributed by atoms with Crippen LogP contribution in [0, 0.1) is 29.6 Å². The van der Waals surface area contributed by atoms with Crippen molar-refractivity contribution in [2.24, 2.45) is 35.3 Å². The molecule has 0 spiro atoms. The molecule has 0 aromatic rings. The van der Waals surface area contributed by atoms with Crippen LogP contribution < -0.4 is 5.73 Å². The fourth-order valence-corrected chi connectivity index (χ4v) is 2.81. The van der Waals surface area contributed by atoms with Crippen LogP contribution in [0.15, 0.2) is 0 Å². The van der Waals surface area contributed by atoms with E-state index in [-0.39, 0.29) is 0 Å². The third-order valence-electron chi connectivity index (χ3n) is 4.84. The Morgan fingerprint density at radius 2 is 1.60 bits per heavy atom. The van der Waals surface area contributed by atoms with Gasteiger partial charge < -0.3 is 5.73 Å². The molecule has 1 fully saturated rings. The summed E-state index contributed by atoms with van der Waals surface area (Å²) in [5, 5.41) is 0. The van der Waals surface area contributed by atoms with Crippen LogP contribution in [0.4, 0.5) is 0 Å². The van der Waals surface area contributed by atoms with E-state index in [0.29, 0.717) is 12.0 Å². The van der Waals surface area contributed by atoms with Crippen LogP contribution in [-0.2, 0) is 0 Å². The SMILES string of the molecule is CC(C)C(C)C(N)C1CCC(C)C(C)C1. The van der Waals surface area contributed by atoms with Gasteiger partial charge in [-0.15, -0.1) is 0 Å². The highest BCUT2D eigenvalue weighted by atomic mass is 14.7. The third-order valence-corrected chi connectivity index (χ3v) is 4.84. The van der Waals surface area contributed by atoms with Crippen LogP contribution in [0.5, 0.6) is 0 Å². The Morgan fingerprint density at radius 1 is 1.00 bits per heavy atom. The van der Waals surface area contributed by atoms with Gasteiger partial charge in [0.25, 0.3) is 0 Å². The van der Waals surface area contributed by atoms with Gasteiger partial charge in [0.1, 0.15) is 0 Å². The number of rotatable bonds is 3. The standard InChI is InChI=1S/C14H29N/c1-9(2)12(5)14(15)13-7-6-10(3)11(4)8-13/h9-14H,6-8,15H2,1-5H3. The molecule has 5 unspecified atom stereocenters. The van der Waals surface area contributed by atoms with Gasteiger partial charge in [0, 0.05) is 6.04 Å². The smallest absolute Gasteiger partial charge is 0.00955 e. The lowest BCUT2D eigenvalue weighted by Gasteiger charge is -2.38. The lowest BCUT2D eigenvalue weighted by atomic mass is 9.70. The Kier molecular flexibility index (Phi) is 4.64.